The summed E-state index contributed by atoms with van der Waals surface area (Å²) in [5.41, 5.74) is 1.87. The molecule has 1 rings (SSSR count). The molecular weight excluding hydrogens is 252 g/mol. The molecule has 0 spiro atoms. The Bertz CT molecular complexity index is 421. The van der Waals surface area contributed by atoms with E-state index in [1.807, 2.05) is 31.7 Å². The van der Waals surface area contributed by atoms with Crippen LogP contribution in [0.2, 0.25) is 0 Å². The largest absolute Gasteiger partial charge is 0.370 e. The summed E-state index contributed by atoms with van der Waals surface area (Å²) in [5.74, 6) is 1.56. The number of nitro benzene ring substituents is 1. The third-order valence-electron chi connectivity index (χ3n) is 2.79. The average molecular weight is 270 g/mol. The molecule has 99 valence electrons. The van der Waals surface area contributed by atoms with Gasteiger partial charge in [-0.3, -0.25) is 10.1 Å². The van der Waals surface area contributed by atoms with Gasteiger partial charge in [0.2, 0.25) is 0 Å². The molecule has 0 aromatic heterocycles. The Morgan fingerprint density at radius 3 is 2.50 bits per heavy atom. The average Bonchev–Trinajstić information content (AvgIpc) is 2.35. The summed E-state index contributed by atoms with van der Waals surface area (Å²) in [5, 5.41) is 10.9. The van der Waals surface area contributed by atoms with Gasteiger partial charge in [0, 0.05) is 36.8 Å². The van der Waals surface area contributed by atoms with Crippen LogP contribution in [-0.2, 0) is 0 Å². The number of rotatable bonds is 6. The molecule has 5 heteroatoms. The van der Waals surface area contributed by atoms with Crippen LogP contribution < -0.4 is 4.90 Å². The first kappa shape index (κ1) is 14.8. The van der Waals surface area contributed by atoms with Crippen molar-refractivity contribution in [2.24, 2.45) is 0 Å². The molecule has 0 aliphatic carbocycles. The van der Waals surface area contributed by atoms with Gasteiger partial charge in [-0.25, -0.2) is 0 Å². The lowest BCUT2D eigenvalue weighted by atomic mass is 10.0. The van der Waals surface area contributed by atoms with Gasteiger partial charge >= 0.3 is 0 Å². The maximum atomic E-state index is 10.9. The van der Waals surface area contributed by atoms with Crippen LogP contribution in [0.3, 0.4) is 0 Å². The molecule has 0 bridgehead atoms. The lowest BCUT2D eigenvalue weighted by molar-refractivity contribution is -0.384. The van der Waals surface area contributed by atoms with Crippen molar-refractivity contribution in [2.75, 3.05) is 23.9 Å². The Balaban J connectivity index is 3.20. The standard InChI is InChI=1S/C13H18ClN2O2/c1-4-15(6-5-14)12-7-11(10(2)3)8-13(9-12)16(17)18/h7-9H,4-6H2,1-3H3. The van der Waals surface area contributed by atoms with Crippen LogP contribution in [-0.4, -0.2) is 23.9 Å². The molecule has 0 heterocycles. The number of benzene rings is 1. The van der Waals surface area contributed by atoms with Gasteiger partial charge in [-0.1, -0.05) is 13.8 Å². The van der Waals surface area contributed by atoms with Crippen molar-refractivity contribution in [3.8, 4) is 0 Å². The summed E-state index contributed by atoms with van der Waals surface area (Å²) in [4.78, 5) is 12.6. The van der Waals surface area contributed by atoms with Crippen molar-refractivity contribution < 1.29 is 4.92 Å². The molecule has 18 heavy (non-hydrogen) atoms. The highest BCUT2D eigenvalue weighted by Gasteiger charge is 2.14. The van der Waals surface area contributed by atoms with Crippen LogP contribution >= 0.6 is 11.6 Å². The van der Waals surface area contributed by atoms with Crippen molar-refractivity contribution in [2.45, 2.75) is 20.8 Å². The second-order valence-corrected chi connectivity index (χ2v) is 4.64. The SMILES string of the molecule is CCN(CCCl)c1cc([C](C)C)cc([N+](=O)[O-])c1. The van der Waals surface area contributed by atoms with Gasteiger partial charge in [0.15, 0.2) is 0 Å². The first-order chi connectivity index (χ1) is 8.49. The van der Waals surface area contributed by atoms with E-state index in [2.05, 4.69) is 0 Å². The minimum Gasteiger partial charge on any atom is -0.370 e. The normalized spacial score (nSPS) is 10.7. The number of halogens is 1. The molecule has 0 atom stereocenters. The molecule has 1 aromatic rings. The Hall–Kier alpha value is -1.29. The summed E-state index contributed by atoms with van der Waals surface area (Å²) in [7, 11) is 0. The Labute approximate surface area is 113 Å². The second-order valence-electron chi connectivity index (χ2n) is 4.26. The van der Waals surface area contributed by atoms with Crippen LogP contribution in [0.15, 0.2) is 18.2 Å². The van der Waals surface area contributed by atoms with E-state index in [-0.39, 0.29) is 10.6 Å². The van der Waals surface area contributed by atoms with Crippen molar-refractivity contribution in [3.05, 3.63) is 39.8 Å². The molecule has 0 aliphatic rings. The number of nitrogens with zero attached hydrogens (tertiary/aromatic N) is 2. The van der Waals surface area contributed by atoms with Gasteiger partial charge in [0.1, 0.15) is 0 Å². The summed E-state index contributed by atoms with van der Waals surface area (Å²) in [6.45, 7) is 7.35. The molecule has 4 nitrogen and oxygen atoms in total. The second kappa shape index (κ2) is 6.59. The molecule has 0 amide bonds. The van der Waals surface area contributed by atoms with Crippen LogP contribution in [0, 0.1) is 16.0 Å². The highest BCUT2D eigenvalue weighted by atomic mass is 35.5. The topological polar surface area (TPSA) is 46.4 Å². The molecule has 0 saturated heterocycles. The zero-order chi connectivity index (χ0) is 13.7. The highest BCUT2D eigenvalue weighted by molar-refractivity contribution is 6.18. The fourth-order valence-corrected chi connectivity index (χ4v) is 1.95. The van der Waals surface area contributed by atoms with E-state index in [1.165, 1.54) is 0 Å². The van der Waals surface area contributed by atoms with Crippen molar-refractivity contribution in [1.29, 1.82) is 0 Å². The minimum atomic E-state index is -0.357. The quantitative estimate of drug-likeness (QED) is 0.450. The van der Waals surface area contributed by atoms with Crippen molar-refractivity contribution in [3.63, 3.8) is 0 Å². The van der Waals surface area contributed by atoms with E-state index in [4.69, 9.17) is 11.6 Å². The fourth-order valence-electron chi connectivity index (χ4n) is 1.74. The Morgan fingerprint density at radius 2 is 2.06 bits per heavy atom. The van der Waals surface area contributed by atoms with Gasteiger partial charge in [-0.2, -0.15) is 0 Å². The van der Waals surface area contributed by atoms with Gasteiger partial charge in [-0.05, 0) is 24.5 Å². The maximum absolute atomic E-state index is 10.9. The molecule has 0 fully saturated rings. The highest BCUT2D eigenvalue weighted by Crippen LogP contribution is 2.27. The fraction of sp³-hybridized carbons (Fsp3) is 0.462. The van der Waals surface area contributed by atoms with Gasteiger partial charge in [0.25, 0.3) is 5.69 Å². The van der Waals surface area contributed by atoms with E-state index in [0.717, 1.165) is 23.7 Å². The van der Waals surface area contributed by atoms with Crippen LogP contribution in [0.5, 0.6) is 0 Å². The van der Waals surface area contributed by atoms with E-state index in [9.17, 15) is 10.1 Å². The summed E-state index contributed by atoms with van der Waals surface area (Å²) in [6, 6.07) is 5.17. The third kappa shape index (κ3) is 3.60. The molecule has 0 unspecified atom stereocenters. The van der Waals surface area contributed by atoms with Gasteiger partial charge < -0.3 is 4.90 Å². The number of hydrogen-bond acceptors (Lipinski definition) is 3. The van der Waals surface area contributed by atoms with E-state index >= 15 is 0 Å². The number of anilines is 1. The number of nitro groups is 1. The van der Waals surface area contributed by atoms with Crippen molar-refractivity contribution in [1.82, 2.24) is 0 Å². The van der Waals surface area contributed by atoms with Crippen LogP contribution in [0.25, 0.3) is 0 Å². The third-order valence-corrected chi connectivity index (χ3v) is 2.96. The van der Waals surface area contributed by atoms with Crippen molar-refractivity contribution >= 4 is 23.0 Å². The molecule has 1 radical (unpaired) electrons. The Morgan fingerprint density at radius 1 is 1.39 bits per heavy atom. The molecule has 1 aromatic carbocycles. The maximum Gasteiger partial charge on any atom is 0.271 e. The van der Waals surface area contributed by atoms with E-state index < -0.39 is 0 Å². The van der Waals surface area contributed by atoms with E-state index in [1.54, 1.807) is 12.1 Å². The van der Waals surface area contributed by atoms with Gasteiger partial charge in [0.05, 0.1) is 4.92 Å². The zero-order valence-corrected chi connectivity index (χ0v) is 11.7. The number of alkyl halides is 1. The van der Waals surface area contributed by atoms with Crippen LogP contribution in [0.1, 0.15) is 26.3 Å². The number of non-ortho nitro benzene ring substituents is 1. The summed E-state index contributed by atoms with van der Waals surface area (Å²) < 4.78 is 0. The summed E-state index contributed by atoms with van der Waals surface area (Å²) >= 11 is 5.75. The number of hydrogen-bond donors (Lipinski definition) is 0. The monoisotopic (exact) mass is 269 g/mol. The smallest absolute Gasteiger partial charge is 0.271 e. The first-order valence-corrected chi connectivity index (χ1v) is 6.44. The predicted octanol–water partition coefficient (Wildman–Crippen LogP) is 3.62. The zero-order valence-electron chi connectivity index (χ0n) is 10.9. The minimum absolute atomic E-state index is 0.122. The molecular formula is C13H18ClN2O2. The van der Waals surface area contributed by atoms with E-state index in [0.29, 0.717) is 12.4 Å². The first-order valence-electron chi connectivity index (χ1n) is 5.90. The van der Waals surface area contributed by atoms with Crippen LogP contribution in [0.4, 0.5) is 11.4 Å². The Kier molecular flexibility index (Phi) is 5.41. The summed E-state index contributed by atoms with van der Waals surface area (Å²) in [6.07, 6.45) is 0. The molecule has 0 saturated carbocycles. The lowest BCUT2D eigenvalue weighted by Crippen LogP contribution is -2.25. The molecule has 0 N–H and O–H groups in total. The lowest BCUT2D eigenvalue weighted by Gasteiger charge is -2.22. The molecule has 0 aliphatic heterocycles. The predicted molar refractivity (Wildman–Crippen MR) is 75.4 cm³/mol. The van der Waals surface area contributed by atoms with Gasteiger partial charge in [-0.15, -0.1) is 11.6 Å².